The highest BCUT2D eigenvalue weighted by Crippen LogP contribution is 2.04. The van der Waals surface area contributed by atoms with Gasteiger partial charge in [0.2, 0.25) is 0 Å². The summed E-state index contributed by atoms with van der Waals surface area (Å²) in [6.07, 6.45) is 50.4. The molecule has 0 fully saturated rings. The van der Waals surface area contributed by atoms with Crippen molar-refractivity contribution in [2.24, 2.45) is 0 Å². The summed E-state index contributed by atoms with van der Waals surface area (Å²) in [5.74, 6) is 0. The van der Waals surface area contributed by atoms with Gasteiger partial charge < -0.3 is 5.11 Å². The molecule has 0 aromatic heterocycles. The van der Waals surface area contributed by atoms with Gasteiger partial charge in [-0.3, -0.25) is 0 Å². The van der Waals surface area contributed by atoms with Crippen molar-refractivity contribution in [1.29, 1.82) is 0 Å². The monoisotopic (exact) mass is 452 g/mol. The van der Waals surface area contributed by atoms with Gasteiger partial charge in [0.1, 0.15) is 0 Å². The molecule has 0 bridgehead atoms. The first kappa shape index (κ1) is 31.1. The summed E-state index contributed by atoms with van der Waals surface area (Å²) in [7, 11) is 0. The zero-order chi connectivity index (χ0) is 23.9. The number of aliphatic hydroxyl groups excluding tert-OH is 1. The van der Waals surface area contributed by atoms with Crippen molar-refractivity contribution >= 4 is 0 Å². The standard InChI is InChI=1S/C32H52O/c1-2-3-4-5-6-7-8-9-10-11-12-13-14-15-16-17-18-19-20-21-22-23-24-25-26-27-28-29-30-31-32-33/h2-3,6-7,10-11,14-15,18-19,22-23,26-27,33H,4-5,8-9,12-13,16-17,20-21,24-25,28-32H2,1H3. The predicted octanol–water partition coefficient (Wildman–Crippen LogP) is 10.1. The number of hydrogen-bond donors (Lipinski definition) is 1. The lowest BCUT2D eigenvalue weighted by Crippen LogP contribution is -1.81. The zero-order valence-corrected chi connectivity index (χ0v) is 21.6. The average molecular weight is 453 g/mol. The van der Waals surface area contributed by atoms with E-state index in [1.165, 1.54) is 6.42 Å². The van der Waals surface area contributed by atoms with E-state index >= 15 is 0 Å². The van der Waals surface area contributed by atoms with Crippen LogP contribution in [0.1, 0.15) is 110 Å². The van der Waals surface area contributed by atoms with E-state index in [1.807, 2.05) is 0 Å². The van der Waals surface area contributed by atoms with Crippen LogP contribution < -0.4 is 0 Å². The van der Waals surface area contributed by atoms with Crippen molar-refractivity contribution in [3.63, 3.8) is 0 Å². The second-order valence-corrected chi connectivity index (χ2v) is 8.43. The molecule has 1 N–H and O–H groups in total. The molecule has 0 spiro atoms. The van der Waals surface area contributed by atoms with Crippen molar-refractivity contribution in [1.82, 2.24) is 0 Å². The fourth-order valence-electron chi connectivity index (χ4n) is 3.29. The number of hydrogen-bond acceptors (Lipinski definition) is 1. The molecular weight excluding hydrogens is 400 g/mol. The molecule has 0 rings (SSSR count). The molecule has 0 heterocycles. The first-order chi connectivity index (χ1) is 16.4. The van der Waals surface area contributed by atoms with Crippen molar-refractivity contribution in [2.75, 3.05) is 6.61 Å². The Bertz CT molecular complexity index is 571. The van der Waals surface area contributed by atoms with Crippen LogP contribution in [0.5, 0.6) is 0 Å². The van der Waals surface area contributed by atoms with Gasteiger partial charge in [0.15, 0.2) is 0 Å². The minimum absolute atomic E-state index is 0.329. The van der Waals surface area contributed by atoms with Gasteiger partial charge in [-0.05, 0) is 103 Å². The third-order valence-electron chi connectivity index (χ3n) is 5.26. The summed E-state index contributed by atoms with van der Waals surface area (Å²) in [4.78, 5) is 0. The molecule has 186 valence electrons. The topological polar surface area (TPSA) is 20.2 Å². The molecule has 0 aromatic rings. The van der Waals surface area contributed by atoms with Gasteiger partial charge >= 0.3 is 0 Å². The summed E-state index contributed by atoms with van der Waals surface area (Å²) >= 11 is 0. The maximum Gasteiger partial charge on any atom is 0.0431 e. The van der Waals surface area contributed by atoms with Crippen LogP contribution in [0.15, 0.2) is 85.1 Å². The molecule has 0 saturated heterocycles. The van der Waals surface area contributed by atoms with Crippen LogP contribution in [-0.4, -0.2) is 11.7 Å². The molecule has 1 nitrogen and oxygen atoms in total. The van der Waals surface area contributed by atoms with Crippen molar-refractivity contribution in [3.05, 3.63) is 85.1 Å². The normalized spacial score (nSPS) is 13.2. The molecule has 0 aliphatic carbocycles. The molecular formula is C32H52O. The zero-order valence-electron chi connectivity index (χ0n) is 21.6. The molecule has 0 amide bonds. The number of allylic oxidation sites excluding steroid dienone is 14. The summed E-state index contributed by atoms with van der Waals surface area (Å²) in [5, 5.41) is 8.73. The van der Waals surface area contributed by atoms with E-state index in [1.54, 1.807) is 0 Å². The van der Waals surface area contributed by atoms with Gasteiger partial charge in [-0.1, -0.05) is 91.5 Å². The van der Waals surface area contributed by atoms with Crippen molar-refractivity contribution in [3.8, 4) is 0 Å². The predicted molar refractivity (Wildman–Crippen MR) is 151 cm³/mol. The summed E-state index contributed by atoms with van der Waals surface area (Å²) in [6, 6.07) is 0. The van der Waals surface area contributed by atoms with Gasteiger partial charge in [0, 0.05) is 6.61 Å². The number of aliphatic hydroxyl groups is 1. The Morgan fingerprint density at radius 2 is 0.606 bits per heavy atom. The van der Waals surface area contributed by atoms with E-state index < -0.39 is 0 Å². The second-order valence-electron chi connectivity index (χ2n) is 8.43. The van der Waals surface area contributed by atoms with Gasteiger partial charge in [-0.2, -0.15) is 0 Å². The lowest BCUT2D eigenvalue weighted by molar-refractivity contribution is 0.283. The molecule has 1 heteroatoms. The Morgan fingerprint density at radius 1 is 0.333 bits per heavy atom. The van der Waals surface area contributed by atoms with Crippen molar-refractivity contribution < 1.29 is 5.11 Å². The molecule has 0 aliphatic rings. The molecule has 0 saturated carbocycles. The summed E-state index contributed by atoms with van der Waals surface area (Å²) in [5.41, 5.74) is 0. The average Bonchev–Trinajstić information content (AvgIpc) is 2.83. The molecule has 0 radical (unpaired) electrons. The highest BCUT2D eigenvalue weighted by molar-refractivity contribution is 4.94. The number of rotatable bonds is 23. The van der Waals surface area contributed by atoms with E-state index in [0.717, 1.165) is 96.3 Å². The molecule has 0 unspecified atom stereocenters. The van der Waals surface area contributed by atoms with Crippen molar-refractivity contribution in [2.45, 2.75) is 110 Å². The number of unbranched alkanes of at least 4 members (excludes halogenated alkanes) is 9. The van der Waals surface area contributed by atoms with Crippen LogP contribution >= 0.6 is 0 Å². The maximum absolute atomic E-state index is 8.73. The fourth-order valence-corrected chi connectivity index (χ4v) is 3.29. The van der Waals surface area contributed by atoms with Gasteiger partial charge in [0.25, 0.3) is 0 Å². The quantitative estimate of drug-likeness (QED) is 0.121. The molecule has 0 aromatic carbocycles. The lowest BCUT2D eigenvalue weighted by Gasteiger charge is -1.93. The van der Waals surface area contributed by atoms with E-state index in [9.17, 15) is 0 Å². The molecule has 0 atom stereocenters. The van der Waals surface area contributed by atoms with Crippen LogP contribution in [0.4, 0.5) is 0 Å². The lowest BCUT2D eigenvalue weighted by atomic mass is 10.1. The van der Waals surface area contributed by atoms with Gasteiger partial charge in [0.05, 0.1) is 0 Å². The Morgan fingerprint density at radius 3 is 0.879 bits per heavy atom. The summed E-state index contributed by atoms with van der Waals surface area (Å²) < 4.78 is 0. The molecule has 33 heavy (non-hydrogen) atoms. The van der Waals surface area contributed by atoms with Crippen LogP contribution in [0, 0.1) is 0 Å². The SMILES string of the molecule is CC=CCCC=CCCC=CCCC=CCCC=CCCC=CCCC=CCCCCCO. The fraction of sp³-hybridized carbons (Fsp3) is 0.562. The van der Waals surface area contributed by atoms with E-state index in [4.69, 9.17) is 5.11 Å². The minimum atomic E-state index is 0.329. The van der Waals surface area contributed by atoms with Gasteiger partial charge in [-0.25, -0.2) is 0 Å². The van der Waals surface area contributed by atoms with E-state index in [0.29, 0.717) is 6.61 Å². The first-order valence-corrected chi connectivity index (χ1v) is 13.5. The van der Waals surface area contributed by atoms with Crippen LogP contribution in [0.3, 0.4) is 0 Å². The van der Waals surface area contributed by atoms with E-state index in [-0.39, 0.29) is 0 Å². The summed E-state index contributed by atoms with van der Waals surface area (Å²) in [6.45, 7) is 2.41. The maximum atomic E-state index is 8.73. The highest BCUT2D eigenvalue weighted by Gasteiger charge is 1.85. The van der Waals surface area contributed by atoms with Crippen LogP contribution in [0.2, 0.25) is 0 Å². The van der Waals surface area contributed by atoms with E-state index in [2.05, 4.69) is 92.0 Å². The third kappa shape index (κ3) is 30.1. The van der Waals surface area contributed by atoms with Crippen LogP contribution in [-0.2, 0) is 0 Å². The first-order valence-electron chi connectivity index (χ1n) is 13.5. The smallest absolute Gasteiger partial charge is 0.0431 e. The Balaban J connectivity index is 3.39. The third-order valence-corrected chi connectivity index (χ3v) is 5.26. The highest BCUT2D eigenvalue weighted by atomic mass is 16.2. The Hall–Kier alpha value is -1.86. The minimum Gasteiger partial charge on any atom is -0.396 e. The Kier molecular flexibility index (Phi) is 28.4. The largest absolute Gasteiger partial charge is 0.396 e. The Labute approximate surface area is 206 Å². The van der Waals surface area contributed by atoms with Gasteiger partial charge in [-0.15, -0.1) is 0 Å². The second kappa shape index (κ2) is 30.1. The van der Waals surface area contributed by atoms with Crippen LogP contribution in [0.25, 0.3) is 0 Å². The molecule has 0 aliphatic heterocycles.